The average molecular weight is 490 g/mol. The molecule has 0 saturated heterocycles. The largest absolute Gasteiger partial charge is 0.465 e. The molecule has 0 bridgehead atoms. The summed E-state index contributed by atoms with van der Waals surface area (Å²) in [5, 5.41) is 0. The minimum absolute atomic E-state index is 0.0349. The smallest absolute Gasteiger partial charge is 0.337 e. The molecule has 0 saturated carbocycles. The van der Waals surface area contributed by atoms with Gasteiger partial charge in [-0.05, 0) is 73.2 Å². The SMILES string of the molecule is COC(=O)c1ccc(-c2ccc(/C=C3\C=C(c4ccccc4)N(c4ccc(C(C)=O)cc4)C3=O)o2)cc1. The van der Waals surface area contributed by atoms with Gasteiger partial charge in [-0.15, -0.1) is 0 Å². The molecule has 182 valence electrons. The Balaban J connectivity index is 1.48. The van der Waals surface area contributed by atoms with Crippen LogP contribution in [0.4, 0.5) is 5.69 Å². The molecule has 0 aliphatic carbocycles. The predicted molar refractivity (Wildman–Crippen MR) is 142 cm³/mol. The Labute approximate surface area is 214 Å². The van der Waals surface area contributed by atoms with Crippen LogP contribution in [0.15, 0.2) is 107 Å². The van der Waals surface area contributed by atoms with Crippen LogP contribution >= 0.6 is 0 Å². The zero-order chi connectivity index (χ0) is 25.9. The second-order valence-electron chi connectivity index (χ2n) is 8.51. The van der Waals surface area contributed by atoms with Crippen LogP contribution in [0.5, 0.6) is 0 Å². The van der Waals surface area contributed by atoms with Crippen molar-refractivity contribution in [2.75, 3.05) is 12.0 Å². The molecular formula is C31H23NO5. The minimum atomic E-state index is -0.405. The van der Waals surface area contributed by atoms with E-state index in [9.17, 15) is 14.4 Å². The fraction of sp³-hybridized carbons (Fsp3) is 0.0645. The summed E-state index contributed by atoms with van der Waals surface area (Å²) in [6, 6.07) is 27.2. The van der Waals surface area contributed by atoms with Crippen molar-refractivity contribution in [2.45, 2.75) is 6.92 Å². The number of hydrogen-bond donors (Lipinski definition) is 0. The van der Waals surface area contributed by atoms with E-state index in [2.05, 4.69) is 0 Å². The highest BCUT2D eigenvalue weighted by Crippen LogP contribution is 2.36. The van der Waals surface area contributed by atoms with Gasteiger partial charge < -0.3 is 9.15 Å². The minimum Gasteiger partial charge on any atom is -0.465 e. The van der Waals surface area contributed by atoms with E-state index in [4.69, 9.17) is 9.15 Å². The van der Waals surface area contributed by atoms with Gasteiger partial charge in [-0.3, -0.25) is 14.5 Å². The summed E-state index contributed by atoms with van der Waals surface area (Å²) < 4.78 is 10.7. The summed E-state index contributed by atoms with van der Waals surface area (Å²) in [6.45, 7) is 1.51. The van der Waals surface area contributed by atoms with E-state index in [-0.39, 0.29) is 11.7 Å². The number of ketones is 1. The molecule has 4 aromatic rings. The summed E-state index contributed by atoms with van der Waals surface area (Å²) in [6.07, 6.45) is 3.55. The summed E-state index contributed by atoms with van der Waals surface area (Å²) in [5.41, 5.74) is 4.59. The Morgan fingerprint density at radius 1 is 0.811 bits per heavy atom. The highest BCUT2D eigenvalue weighted by atomic mass is 16.5. The van der Waals surface area contributed by atoms with E-state index in [0.717, 1.165) is 16.8 Å². The Kier molecular flexibility index (Phi) is 6.39. The van der Waals surface area contributed by atoms with Crippen LogP contribution in [0.25, 0.3) is 23.1 Å². The lowest BCUT2D eigenvalue weighted by atomic mass is 10.1. The topological polar surface area (TPSA) is 76.8 Å². The number of esters is 1. The van der Waals surface area contributed by atoms with E-state index in [1.807, 2.05) is 42.5 Å². The number of anilines is 1. The lowest BCUT2D eigenvalue weighted by Crippen LogP contribution is -2.25. The molecule has 3 aromatic carbocycles. The van der Waals surface area contributed by atoms with Crippen LogP contribution in [-0.2, 0) is 9.53 Å². The van der Waals surface area contributed by atoms with Crippen LogP contribution in [0.1, 0.15) is 39.0 Å². The summed E-state index contributed by atoms with van der Waals surface area (Å²) >= 11 is 0. The summed E-state index contributed by atoms with van der Waals surface area (Å²) in [7, 11) is 1.34. The second-order valence-corrected chi connectivity index (χ2v) is 8.51. The zero-order valence-electron chi connectivity index (χ0n) is 20.3. The molecule has 0 atom stereocenters. The molecular weight excluding hydrogens is 466 g/mol. The maximum absolute atomic E-state index is 13.6. The fourth-order valence-corrected chi connectivity index (χ4v) is 4.17. The van der Waals surface area contributed by atoms with Crippen molar-refractivity contribution in [3.05, 3.63) is 125 Å². The Morgan fingerprint density at radius 2 is 1.49 bits per heavy atom. The van der Waals surface area contributed by atoms with Crippen LogP contribution in [0.3, 0.4) is 0 Å². The number of carbonyl (C=O) groups excluding carboxylic acids is 3. The lowest BCUT2D eigenvalue weighted by molar-refractivity contribution is -0.113. The van der Waals surface area contributed by atoms with Gasteiger partial charge in [-0.2, -0.15) is 0 Å². The average Bonchev–Trinajstić information content (AvgIpc) is 3.53. The molecule has 0 unspecified atom stereocenters. The molecule has 1 amide bonds. The van der Waals surface area contributed by atoms with Gasteiger partial charge in [-0.25, -0.2) is 4.79 Å². The zero-order valence-corrected chi connectivity index (χ0v) is 20.3. The number of carbonyl (C=O) groups is 3. The first-order valence-corrected chi connectivity index (χ1v) is 11.7. The number of methoxy groups -OCH3 is 1. The third kappa shape index (κ3) is 4.77. The van der Waals surface area contributed by atoms with E-state index >= 15 is 0 Å². The van der Waals surface area contributed by atoms with E-state index in [1.54, 1.807) is 65.6 Å². The highest BCUT2D eigenvalue weighted by molar-refractivity contribution is 6.23. The fourth-order valence-electron chi connectivity index (χ4n) is 4.17. The molecule has 5 rings (SSSR count). The standard InChI is InChI=1S/C31H23NO5/c1-20(33)21-12-14-26(15-13-21)32-28(22-6-4-3-5-7-22)19-25(30(32)34)18-27-16-17-29(37-27)23-8-10-24(11-9-23)31(35)36-2/h3-19H,1-2H3/b25-18+. The first-order chi connectivity index (χ1) is 17.9. The quantitative estimate of drug-likeness (QED) is 0.178. The number of benzene rings is 3. The van der Waals surface area contributed by atoms with Gasteiger partial charge in [0, 0.05) is 22.4 Å². The molecule has 1 aliphatic rings. The number of rotatable bonds is 6. The molecule has 0 N–H and O–H groups in total. The molecule has 1 aromatic heterocycles. The number of nitrogens with zero attached hydrogens (tertiary/aromatic N) is 1. The van der Waals surface area contributed by atoms with Gasteiger partial charge in [0.15, 0.2) is 5.78 Å². The van der Waals surface area contributed by atoms with Crippen LogP contribution in [0.2, 0.25) is 0 Å². The highest BCUT2D eigenvalue weighted by Gasteiger charge is 2.30. The van der Waals surface area contributed by atoms with Crippen molar-refractivity contribution in [1.29, 1.82) is 0 Å². The molecule has 0 fully saturated rings. The van der Waals surface area contributed by atoms with Crippen molar-refractivity contribution >= 4 is 35.1 Å². The molecule has 6 heteroatoms. The van der Waals surface area contributed by atoms with Crippen LogP contribution < -0.4 is 4.90 Å². The molecule has 0 spiro atoms. The first kappa shape index (κ1) is 23.8. The maximum Gasteiger partial charge on any atom is 0.337 e. The van der Waals surface area contributed by atoms with E-state index in [1.165, 1.54) is 14.0 Å². The van der Waals surface area contributed by atoms with Gasteiger partial charge in [0.25, 0.3) is 5.91 Å². The van der Waals surface area contributed by atoms with Gasteiger partial charge in [-0.1, -0.05) is 42.5 Å². The molecule has 0 radical (unpaired) electrons. The third-order valence-corrected chi connectivity index (χ3v) is 6.10. The van der Waals surface area contributed by atoms with Crippen molar-refractivity contribution in [1.82, 2.24) is 0 Å². The molecule has 37 heavy (non-hydrogen) atoms. The Hall–Kier alpha value is -4.97. The van der Waals surface area contributed by atoms with Gasteiger partial charge >= 0.3 is 5.97 Å². The summed E-state index contributed by atoms with van der Waals surface area (Å²) in [4.78, 5) is 38.6. The summed E-state index contributed by atoms with van der Waals surface area (Å²) in [5.74, 6) is 0.491. The normalized spacial score (nSPS) is 14.1. The monoisotopic (exact) mass is 489 g/mol. The van der Waals surface area contributed by atoms with Crippen molar-refractivity contribution in [3.8, 4) is 11.3 Å². The number of ether oxygens (including phenoxy) is 1. The van der Waals surface area contributed by atoms with Crippen molar-refractivity contribution in [2.24, 2.45) is 0 Å². The molecule has 2 heterocycles. The number of amides is 1. The predicted octanol–water partition coefficient (Wildman–Crippen LogP) is 6.41. The van der Waals surface area contributed by atoms with Crippen LogP contribution in [0, 0.1) is 0 Å². The third-order valence-electron chi connectivity index (χ3n) is 6.10. The lowest BCUT2D eigenvalue weighted by Gasteiger charge is -2.21. The van der Waals surface area contributed by atoms with Gasteiger partial charge in [0.05, 0.1) is 18.4 Å². The Morgan fingerprint density at radius 3 is 2.14 bits per heavy atom. The second kappa shape index (κ2) is 9.95. The van der Waals surface area contributed by atoms with Gasteiger partial charge in [0.2, 0.25) is 0 Å². The number of Topliss-reactive ketones (excluding diaryl/α,β-unsaturated/α-hetero) is 1. The first-order valence-electron chi connectivity index (χ1n) is 11.7. The van der Waals surface area contributed by atoms with Gasteiger partial charge in [0.1, 0.15) is 11.5 Å². The van der Waals surface area contributed by atoms with Crippen molar-refractivity contribution < 1.29 is 23.5 Å². The van der Waals surface area contributed by atoms with E-state index in [0.29, 0.717) is 33.9 Å². The molecule has 1 aliphatic heterocycles. The maximum atomic E-state index is 13.6. The number of furan rings is 1. The van der Waals surface area contributed by atoms with Crippen LogP contribution in [-0.4, -0.2) is 24.8 Å². The number of hydrogen-bond acceptors (Lipinski definition) is 5. The van der Waals surface area contributed by atoms with Crippen molar-refractivity contribution in [3.63, 3.8) is 0 Å². The van der Waals surface area contributed by atoms with E-state index < -0.39 is 5.97 Å². The Bertz CT molecular complexity index is 1540. The molecule has 6 nitrogen and oxygen atoms in total.